The molecule has 0 aliphatic heterocycles. The predicted molar refractivity (Wildman–Crippen MR) is 20.7 cm³/mol. The van der Waals surface area contributed by atoms with Crippen LogP contribution in [0.3, 0.4) is 0 Å². The number of rotatable bonds is 0. The Labute approximate surface area is 75.4 Å². The maximum atomic E-state index is 8.25. The van der Waals surface area contributed by atoms with Crippen molar-refractivity contribution in [2.75, 3.05) is 0 Å². The monoisotopic (exact) mass is 234 g/mol. The van der Waals surface area contributed by atoms with Crippen molar-refractivity contribution in [3.63, 3.8) is 0 Å². The normalized spacial score (nSPS) is 4.80. The molecule has 0 unspecified atom stereocenters. The quantitative estimate of drug-likeness (QED) is 0.315. The van der Waals surface area contributed by atoms with Crippen molar-refractivity contribution in [2.45, 2.75) is 0 Å². The summed E-state index contributed by atoms with van der Waals surface area (Å²) in [6.45, 7) is 0. The van der Waals surface area contributed by atoms with E-state index in [1.807, 2.05) is 0 Å². The molecule has 0 aliphatic carbocycles. The van der Waals surface area contributed by atoms with Crippen LogP contribution in [0.1, 0.15) is 0 Å². The molecule has 0 aromatic rings. The maximum Gasteiger partial charge on any atom is 2.00 e. The van der Waals surface area contributed by atoms with Crippen molar-refractivity contribution in [1.82, 2.24) is 0 Å². The van der Waals surface area contributed by atoms with Crippen LogP contribution in [-0.2, 0) is 34.1 Å². The summed E-state index contributed by atoms with van der Waals surface area (Å²) in [6, 6.07) is 0. The third-order valence-electron chi connectivity index (χ3n) is 0. The van der Waals surface area contributed by atoms with Crippen molar-refractivity contribution in [3.05, 3.63) is 30.6 Å². The fraction of sp³-hybridized carbons (Fsp3) is 0. The molecule has 0 saturated carbocycles. The first kappa shape index (κ1) is 22.7. The molecule has 10 heavy (non-hydrogen) atoms. The molecular weight excluding hydrogens is 234 g/mol. The van der Waals surface area contributed by atoms with Crippen LogP contribution in [0.15, 0.2) is 0 Å². The minimum atomic E-state index is -1.75. The molecule has 0 aliphatic rings. The Balaban J connectivity index is -0.0000000300. The molecule has 0 fully saturated rings. The van der Waals surface area contributed by atoms with Gasteiger partial charge in [0.2, 0.25) is 0 Å². The van der Waals surface area contributed by atoms with E-state index in [2.05, 4.69) is 0 Å². The molecule has 0 atom stereocenters. The third-order valence-corrected chi connectivity index (χ3v) is 0. The van der Waals surface area contributed by atoms with Crippen molar-refractivity contribution in [1.29, 1.82) is 0 Å². The van der Waals surface area contributed by atoms with Crippen LogP contribution < -0.4 is 0 Å². The summed E-state index contributed by atoms with van der Waals surface area (Å²) in [5.74, 6) is 0. The Kier molecular flexibility index (Phi) is 35.9. The van der Waals surface area contributed by atoms with Crippen LogP contribution in [0.4, 0.5) is 0 Å². The average Bonchev–Trinajstić information content (AvgIpc) is 1.25. The van der Waals surface area contributed by atoms with E-state index in [0.717, 1.165) is 0 Å². The first-order valence-electron chi connectivity index (χ1n) is 1.10. The Morgan fingerprint density at radius 3 is 0.800 bits per heavy atom. The zero-order chi connectivity index (χ0) is 7.15. The van der Waals surface area contributed by atoms with E-state index in [1.165, 1.54) is 0 Å². The molecule has 0 saturated heterocycles. The zero-order valence-corrected chi connectivity index (χ0v) is 6.46. The van der Waals surface area contributed by atoms with Crippen LogP contribution >= 0.6 is 0 Å². The molecule has 0 N–H and O–H groups in total. The molecule has 0 heterocycles. The molecule has 0 spiro atoms. The van der Waals surface area contributed by atoms with Gasteiger partial charge in [0, 0.05) is 17.1 Å². The van der Waals surface area contributed by atoms with E-state index in [0.29, 0.717) is 0 Å². The predicted octanol–water partition coefficient (Wildman–Crippen LogP) is -0.483. The van der Waals surface area contributed by atoms with Gasteiger partial charge >= 0.3 is 17.1 Å². The SMILES string of the molecule is O=[N+]([O-])[O-].O=[N+]([O-])[O-].[Mn+2].[Mn]. The first-order valence-corrected chi connectivity index (χ1v) is 1.10. The van der Waals surface area contributed by atoms with Gasteiger partial charge in [-0.2, -0.15) is 0 Å². The fourth-order valence-corrected chi connectivity index (χ4v) is 0. The standard InChI is InChI=1S/2Mn.2NO3/c;;2*2-1(3)4/q;+2;2*-1. The van der Waals surface area contributed by atoms with Crippen LogP contribution in [0.25, 0.3) is 0 Å². The number of hydrogen-bond acceptors (Lipinski definition) is 6. The molecule has 2 radical (unpaired) electrons. The van der Waals surface area contributed by atoms with Crippen molar-refractivity contribution in [2.24, 2.45) is 0 Å². The maximum absolute atomic E-state index is 8.25. The van der Waals surface area contributed by atoms with Crippen LogP contribution in [-0.4, -0.2) is 10.2 Å². The van der Waals surface area contributed by atoms with Gasteiger partial charge in [-0.3, -0.25) is 0 Å². The summed E-state index contributed by atoms with van der Waals surface area (Å²) in [7, 11) is 0. The minimum absolute atomic E-state index is 0. The van der Waals surface area contributed by atoms with Crippen LogP contribution in [0.5, 0.6) is 0 Å². The van der Waals surface area contributed by atoms with Crippen LogP contribution in [0.2, 0.25) is 0 Å². The molecule has 0 bridgehead atoms. The smallest absolute Gasteiger partial charge is 0.356 e. The van der Waals surface area contributed by atoms with Gasteiger partial charge < -0.3 is 30.6 Å². The van der Waals surface area contributed by atoms with E-state index in [-0.39, 0.29) is 34.1 Å². The topological polar surface area (TPSA) is 132 Å². The van der Waals surface area contributed by atoms with Gasteiger partial charge in [-0.15, -0.1) is 0 Å². The largest absolute Gasteiger partial charge is 2.00 e. The van der Waals surface area contributed by atoms with E-state index in [4.69, 9.17) is 30.6 Å². The summed E-state index contributed by atoms with van der Waals surface area (Å²) in [5.41, 5.74) is 0. The molecular formula is Mn2N2O6. The van der Waals surface area contributed by atoms with Crippen LogP contribution in [0, 0.1) is 30.6 Å². The van der Waals surface area contributed by atoms with E-state index in [9.17, 15) is 0 Å². The van der Waals surface area contributed by atoms with Crippen molar-refractivity contribution >= 4 is 0 Å². The Bertz CT molecular complexity index is 71.7. The number of nitrogens with zero attached hydrogens (tertiary/aromatic N) is 2. The zero-order valence-electron chi connectivity index (χ0n) is 4.10. The Morgan fingerprint density at radius 2 is 0.800 bits per heavy atom. The fourth-order valence-electron chi connectivity index (χ4n) is 0. The van der Waals surface area contributed by atoms with Gasteiger partial charge in [0.15, 0.2) is 0 Å². The van der Waals surface area contributed by atoms with Gasteiger partial charge in [0.05, 0.1) is 10.2 Å². The molecule has 10 heteroatoms. The van der Waals surface area contributed by atoms with E-state index >= 15 is 0 Å². The Hall–Kier alpha value is -0.561. The van der Waals surface area contributed by atoms with E-state index < -0.39 is 10.2 Å². The van der Waals surface area contributed by atoms with Gasteiger partial charge in [-0.05, 0) is 0 Å². The van der Waals surface area contributed by atoms with Gasteiger partial charge in [0.1, 0.15) is 0 Å². The summed E-state index contributed by atoms with van der Waals surface area (Å²) in [6.07, 6.45) is 0. The second-order valence-corrected chi connectivity index (χ2v) is 0.447. The second-order valence-electron chi connectivity index (χ2n) is 0.447. The minimum Gasteiger partial charge on any atom is -0.356 e. The molecule has 0 amide bonds. The molecule has 0 rings (SSSR count). The summed E-state index contributed by atoms with van der Waals surface area (Å²) in [5, 5.41) is 29.5. The average molecular weight is 234 g/mol. The number of hydrogen-bond donors (Lipinski definition) is 0. The molecule has 60 valence electrons. The Morgan fingerprint density at radius 1 is 0.800 bits per heavy atom. The van der Waals surface area contributed by atoms with Gasteiger partial charge in [-0.1, -0.05) is 0 Å². The van der Waals surface area contributed by atoms with Gasteiger partial charge in [0.25, 0.3) is 0 Å². The molecule has 0 aromatic heterocycles. The molecule has 8 nitrogen and oxygen atoms in total. The summed E-state index contributed by atoms with van der Waals surface area (Å²) in [4.78, 5) is 16.5. The van der Waals surface area contributed by atoms with Gasteiger partial charge in [-0.25, -0.2) is 0 Å². The molecule has 0 aromatic carbocycles. The summed E-state index contributed by atoms with van der Waals surface area (Å²) < 4.78 is 0. The second kappa shape index (κ2) is 15.8. The van der Waals surface area contributed by atoms with Crippen molar-refractivity contribution in [3.8, 4) is 0 Å². The van der Waals surface area contributed by atoms with E-state index in [1.54, 1.807) is 0 Å². The van der Waals surface area contributed by atoms with Crippen molar-refractivity contribution < 1.29 is 44.3 Å². The third kappa shape index (κ3) is 980. The first-order chi connectivity index (χ1) is 3.46. The summed E-state index contributed by atoms with van der Waals surface area (Å²) >= 11 is 0.